The van der Waals surface area contributed by atoms with Crippen LogP contribution in [0.1, 0.15) is 24.2 Å². The average Bonchev–Trinajstić information content (AvgIpc) is 2.67. The number of benzene rings is 2. The molecule has 5 heteroatoms. The summed E-state index contributed by atoms with van der Waals surface area (Å²) in [5.74, 6) is 1.25. The van der Waals surface area contributed by atoms with Crippen molar-refractivity contribution in [3.63, 3.8) is 0 Å². The lowest BCUT2D eigenvalue weighted by atomic mass is 10.0. The molecule has 0 N–H and O–H groups in total. The van der Waals surface area contributed by atoms with E-state index in [1.165, 1.54) is 5.69 Å². The first-order chi connectivity index (χ1) is 12.5. The molecule has 0 spiro atoms. The van der Waals surface area contributed by atoms with Crippen molar-refractivity contribution >= 4 is 11.6 Å². The van der Waals surface area contributed by atoms with E-state index in [-0.39, 0.29) is 18.0 Å². The van der Waals surface area contributed by atoms with Crippen LogP contribution in [0.3, 0.4) is 0 Å². The summed E-state index contributed by atoms with van der Waals surface area (Å²) in [5.41, 5.74) is 1.79. The fraction of sp³-hybridized carbons (Fsp3) is 0.381. The second-order valence-corrected chi connectivity index (χ2v) is 6.75. The Kier molecular flexibility index (Phi) is 5.35. The van der Waals surface area contributed by atoms with Gasteiger partial charge in [0.05, 0.1) is 14.2 Å². The van der Waals surface area contributed by atoms with E-state index in [0.29, 0.717) is 30.2 Å². The minimum atomic E-state index is 0.00797. The van der Waals surface area contributed by atoms with E-state index in [2.05, 4.69) is 43.0 Å². The van der Waals surface area contributed by atoms with Crippen LogP contribution < -0.4 is 14.4 Å². The van der Waals surface area contributed by atoms with Crippen LogP contribution in [-0.4, -0.2) is 50.2 Å². The summed E-state index contributed by atoms with van der Waals surface area (Å²) in [6.07, 6.45) is 0. The van der Waals surface area contributed by atoms with Crippen LogP contribution >= 0.6 is 0 Å². The number of methoxy groups -OCH3 is 2. The van der Waals surface area contributed by atoms with Gasteiger partial charge in [0.15, 0.2) is 0 Å². The maximum Gasteiger partial charge on any atom is 0.254 e. The second kappa shape index (κ2) is 7.68. The maximum absolute atomic E-state index is 13.1. The quantitative estimate of drug-likeness (QED) is 0.843. The molecule has 1 aliphatic heterocycles. The number of carbonyl (C=O) groups excluding carboxylic acids is 1. The SMILES string of the molecule is COc1cc(OC)cc(C(=O)N2CC(C)N(c3ccccc3)C(C)C2)c1. The van der Waals surface area contributed by atoms with Crippen molar-refractivity contribution in [2.45, 2.75) is 25.9 Å². The van der Waals surface area contributed by atoms with E-state index < -0.39 is 0 Å². The monoisotopic (exact) mass is 354 g/mol. The fourth-order valence-corrected chi connectivity index (χ4v) is 3.71. The first-order valence-electron chi connectivity index (χ1n) is 8.89. The molecule has 0 aliphatic carbocycles. The molecule has 2 aromatic rings. The smallest absolute Gasteiger partial charge is 0.254 e. The van der Waals surface area contributed by atoms with Gasteiger partial charge in [-0.15, -0.1) is 0 Å². The number of carbonyl (C=O) groups is 1. The Morgan fingerprint density at radius 1 is 0.923 bits per heavy atom. The molecule has 1 fully saturated rings. The predicted octanol–water partition coefficient (Wildman–Crippen LogP) is 3.44. The summed E-state index contributed by atoms with van der Waals surface area (Å²) in [4.78, 5) is 17.4. The first kappa shape index (κ1) is 18.1. The molecule has 2 aromatic carbocycles. The lowest BCUT2D eigenvalue weighted by Gasteiger charge is -2.46. The van der Waals surface area contributed by atoms with Crippen LogP contribution in [0.15, 0.2) is 48.5 Å². The third-order valence-electron chi connectivity index (χ3n) is 4.86. The van der Waals surface area contributed by atoms with Crippen molar-refractivity contribution in [3.8, 4) is 11.5 Å². The van der Waals surface area contributed by atoms with Crippen LogP contribution in [0.4, 0.5) is 5.69 Å². The number of amides is 1. The van der Waals surface area contributed by atoms with Crippen molar-refractivity contribution < 1.29 is 14.3 Å². The normalized spacial score (nSPS) is 20.0. The number of rotatable bonds is 4. The summed E-state index contributed by atoms with van der Waals surface area (Å²) in [6, 6.07) is 16.1. The number of para-hydroxylation sites is 1. The summed E-state index contributed by atoms with van der Waals surface area (Å²) in [6.45, 7) is 5.68. The van der Waals surface area contributed by atoms with E-state index in [1.807, 2.05) is 11.0 Å². The lowest BCUT2D eigenvalue weighted by Crippen LogP contribution is -2.58. The Morgan fingerprint density at radius 3 is 1.96 bits per heavy atom. The van der Waals surface area contributed by atoms with Crippen LogP contribution in [0.25, 0.3) is 0 Å². The van der Waals surface area contributed by atoms with Gasteiger partial charge in [-0.2, -0.15) is 0 Å². The number of nitrogens with zero attached hydrogens (tertiary/aromatic N) is 2. The number of anilines is 1. The van der Waals surface area contributed by atoms with Crippen LogP contribution in [0, 0.1) is 0 Å². The van der Waals surface area contributed by atoms with E-state index in [1.54, 1.807) is 32.4 Å². The van der Waals surface area contributed by atoms with Crippen molar-refractivity contribution in [1.82, 2.24) is 4.90 Å². The predicted molar refractivity (Wildman–Crippen MR) is 103 cm³/mol. The Bertz CT molecular complexity index is 729. The summed E-state index contributed by atoms with van der Waals surface area (Å²) < 4.78 is 10.6. The molecule has 0 aromatic heterocycles. The van der Waals surface area contributed by atoms with Crippen LogP contribution in [0.5, 0.6) is 11.5 Å². The maximum atomic E-state index is 13.1. The Labute approximate surface area is 155 Å². The number of ether oxygens (including phenoxy) is 2. The van der Waals surface area contributed by atoms with Gasteiger partial charge in [-0.1, -0.05) is 18.2 Å². The topological polar surface area (TPSA) is 42.0 Å². The molecule has 3 rings (SSSR count). The zero-order valence-electron chi connectivity index (χ0n) is 15.8. The molecule has 26 heavy (non-hydrogen) atoms. The zero-order valence-corrected chi connectivity index (χ0v) is 15.8. The third kappa shape index (κ3) is 3.62. The average molecular weight is 354 g/mol. The van der Waals surface area contributed by atoms with Crippen molar-refractivity contribution in [2.24, 2.45) is 0 Å². The molecule has 0 saturated carbocycles. The molecule has 1 saturated heterocycles. The Hall–Kier alpha value is -2.69. The lowest BCUT2D eigenvalue weighted by molar-refractivity contribution is 0.0700. The summed E-state index contributed by atoms with van der Waals surface area (Å²) in [7, 11) is 3.18. The van der Waals surface area contributed by atoms with E-state index in [4.69, 9.17) is 9.47 Å². The molecular weight excluding hydrogens is 328 g/mol. The Morgan fingerprint density at radius 2 is 1.46 bits per heavy atom. The van der Waals surface area contributed by atoms with E-state index in [9.17, 15) is 4.79 Å². The zero-order chi connectivity index (χ0) is 18.7. The number of hydrogen-bond acceptors (Lipinski definition) is 4. The van der Waals surface area contributed by atoms with Crippen LogP contribution in [-0.2, 0) is 0 Å². The van der Waals surface area contributed by atoms with Gasteiger partial charge in [0.1, 0.15) is 11.5 Å². The molecule has 0 radical (unpaired) electrons. The van der Waals surface area contributed by atoms with Gasteiger partial charge in [0.25, 0.3) is 5.91 Å². The molecule has 1 amide bonds. The molecule has 2 unspecified atom stereocenters. The van der Waals surface area contributed by atoms with Gasteiger partial charge < -0.3 is 19.3 Å². The highest BCUT2D eigenvalue weighted by atomic mass is 16.5. The largest absolute Gasteiger partial charge is 0.497 e. The highest BCUT2D eigenvalue weighted by molar-refractivity contribution is 5.95. The van der Waals surface area contributed by atoms with Gasteiger partial charge in [-0.25, -0.2) is 0 Å². The first-order valence-corrected chi connectivity index (χ1v) is 8.89. The standard InChI is InChI=1S/C21H26N2O3/c1-15-13-22(14-16(2)23(15)18-8-6-5-7-9-18)21(24)17-10-19(25-3)12-20(11-17)26-4/h5-12,15-16H,13-14H2,1-4H3. The van der Waals surface area contributed by atoms with Gasteiger partial charge in [-0.3, -0.25) is 4.79 Å². The van der Waals surface area contributed by atoms with Crippen molar-refractivity contribution in [1.29, 1.82) is 0 Å². The minimum absolute atomic E-state index is 0.00797. The fourth-order valence-electron chi connectivity index (χ4n) is 3.71. The van der Waals surface area contributed by atoms with Gasteiger partial charge >= 0.3 is 0 Å². The number of hydrogen-bond donors (Lipinski definition) is 0. The van der Waals surface area contributed by atoms with Gasteiger partial charge in [-0.05, 0) is 38.1 Å². The molecule has 1 aliphatic rings. The van der Waals surface area contributed by atoms with Crippen molar-refractivity contribution in [3.05, 3.63) is 54.1 Å². The van der Waals surface area contributed by atoms with E-state index >= 15 is 0 Å². The molecular formula is C21H26N2O3. The highest BCUT2D eigenvalue weighted by Gasteiger charge is 2.32. The summed E-state index contributed by atoms with van der Waals surface area (Å²) >= 11 is 0. The highest BCUT2D eigenvalue weighted by Crippen LogP contribution is 2.27. The summed E-state index contributed by atoms with van der Waals surface area (Å²) in [5, 5.41) is 0. The van der Waals surface area contributed by atoms with Crippen molar-refractivity contribution in [2.75, 3.05) is 32.2 Å². The number of piperazine rings is 1. The second-order valence-electron chi connectivity index (χ2n) is 6.75. The molecule has 5 nitrogen and oxygen atoms in total. The Balaban J connectivity index is 1.80. The molecule has 2 atom stereocenters. The van der Waals surface area contributed by atoms with Crippen LogP contribution in [0.2, 0.25) is 0 Å². The molecule has 1 heterocycles. The third-order valence-corrected chi connectivity index (χ3v) is 4.86. The minimum Gasteiger partial charge on any atom is -0.497 e. The van der Waals surface area contributed by atoms with Gasteiger partial charge in [0, 0.05) is 42.5 Å². The molecule has 138 valence electrons. The molecule has 0 bridgehead atoms. The van der Waals surface area contributed by atoms with Gasteiger partial charge in [0.2, 0.25) is 0 Å². The van der Waals surface area contributed by atoms with E-state index in [0.717, 1.165) is 0 Å².